The molecular weight excluding hydrogens is 595 g/mol. The van der Waals surface area contributed by atoms with Crippen molar-refractivity contribution in [2.24, 2.45) is 11.3 Å². The van der Waals surface area contributed by atoms with Gasteiger partial charge in [0, 0.05) is 73.2 Å². The second-order valence-electron chi connectivity index (χ2n) is 15.6. The van der Waals surface area contributed by atoms with Crippen LogP contribution in [0.5, 0.6) is 0 Å². The average molecular weight is 652 g/mol. The van der Waals surface area contributed by atoms with E-state index in [1.54, 1.807) is 0 Å². The van der Waals surface area contributed by atoms with Gasteiger partial charge in [-0.1, -0.05) is 51.4 Å². The fourth-order valence-electron chi connectivity index (χ4n) is 7.97. The van der Waals surface area contributed by atoms with Crippen LogP contribution < -0.4 is 0 Å². The van der Waals surface area contributed by atoms with Crippen molar-refractivity contribution < 1.29 is 14.3 Å². The minimum absolute atomic E-state index is 0. The molecule has 3 saturated heterocycles. The Bertz CT molecular complexity index is 1120. The molecule has 1 aromatic rings. The second-order valence-corrected chi connectivity index (χ2v) is 16.1. The highest BCUT2D eigenvalue weighted by Crippen LogP contribution is 2.42. The lowest BCUT2D eigenvalue weighted by Crippen LogP contribution is -2.54. The van der Waals surface area contributed by atoms with Crippen molar-refractivity contribution in [3.05, 3.63) is 34.9 Å². The Morgan fingerprint density at radius 3 is 2.16 bits per heavy atom. The summed E-state index contributed by atoms with van der Waals surface area (Å²) >= 11 is 6.32. The van der Waals surface area contributed by atoms with Crippen molar-refractivity contribution in [3.63, 3.8) is 0 Å². The van der Waals surface area contributed by atoms with Crippen LogP contribution in [0.15, 0.2) is 24.3 Å². The Balaban J connectivity index is 0.00000442. The molecule has 4 aliphatic rings. The number of nitrogens with zero attached hydrogens (tertiary/aromatic N) is 4. The average Bonchev–Trinajstić information content (AvgIpc) is 3.60. The zero-order valence-electron chi connectivity index (χ0n) is 28.1. The standard InChI is InChI=1S/C35H55ClN4O3.ClH/c1-24(2)32(41)40(27-12-14-35(6,7)15-13-27)28-20-30(33(42)37-16-18-43-19-17-37)39(21-28)31-23-38(34(3,4)5)22-29(31)25-8-10-26(36)11-9-25;/h8-11,24,27-31H,12-23H2,1-7H3;1H/t28-,29-,30-,31+;/m0./s1. The van der Waals surface area contributed by atoms with Crippen LogP contribution in [0.1, 0.15) is 92.1 Å². The van der Waals surface area contributed by atoms with Crippen LogP contribution in [0.2, 0.25) is 5.02 Å². The number of carbonyl (C=O) groups excluding carboxylic acids is 2. The highest BCUT2D eigenvalue weighted by Gasteiger charge is 2.51. The van der Waals surface area contributed by atoms with Gasteiger partial charge in [-0.25, -0.2) is 0 Å². The largest absolute Gasteiger partial charge is 0.378 e. The third kappa shape index (κ3) is 7.76. The first kappa shape index (κ1) is 35.5. The molecule has 248 valence electrons. The van der Waals surface area contributed by atoms with E-state index in [0.717, 1.165) is 50.3 Å². The molecule has 5 rings (SSSR count). The van der Waals surface area contributed by atoms with E-state index in [1.807, 2.05) is 30.9 Å². The topological polar surface area (TPSA) is 56.3 Å². The first-order valence-corrected chi connectivity index (χ1v) is 17.1. The molecule has 0 N–H and O–H groups in total. The third-order valence-electron chi connectivity index (χ3n) is 10.7. The summed E-state index contributed by atoms with van der Waals surface area (Å²) in [5.74, 6) is 0.629. The van der Waals surface area contributed by atoms with Crippen LogP contribution in [0, 0.1) is 11.3 Å². The summed E-state index contributed by atoms with van der Waals surface area (Å²) in [6.45, 7) is 20.6. The summed E-state index contributed by atoms with van der Waals surface area (Å²) < 4.78 is 5.61. The lowest BCUT2D eigenvalue weighted by Gasteiger charge is -2.43. The molecule has 0 unspecified atom stereocenters. The van der Waals surface area contributed by atoms with Crippen LogP contribution >= 0.6 is 24.0 Å². The number of halogens is 2. The minimum Gasteiger partial charge on any atom is -0.378 e. The molecule has 2 amide bonds. The first-order chi connectivity index (χ1) is 20.2. The van der Waals surface area contributed by atoms with E-state index in [9.17, 15) is 9.59 Å². The van der Waals surface area contributed by atoms with Gasteiger partial charge >= 0.3 is 0 Å². The van der Waals surface area contributed by atoms with Crippen molar-refractivity contribution in [3.8, 4) is 0 Å². The molecule has 4 fully saturated rings. The molecule has 0 radical (unpaired) electrons. The number of benzene rings is 1. The second kappa shape index (κ2) is 14.2. The first-order valence-electron chi connectivity index (χ1n) is 16.7. The molecular formula is C35H56Cl2N4O3. The third-order valence-corrected chi connectivity index (χ3v) is 11.0. The van der Waals surface area contributed by atoms with Gasteiger partial charge < -0.3 is 14.5 Å². The monoisotopic (exact) mass is 650 g/mol. The van der Waals surface area contributed by atoms with E-state index in [1.165, 1.54) is 5.56 Å². The van der Waals surface area contributed by atoms with Crippen LogP contribution in [-0.4, -0.2) is 107 Å². The van der Waals surface area contributed by atoms with E-state index >= 15 is 0 Å². The van der Waals surface area contributed by atoms with Gasteiger partial charge in [0.25, 0.3) is 0 Å². The molecule has 1 saturated carbocycles. The maximum Gasteiger partial charge on any atom is 0.240 e. The van der Waals surface area contributed by atoms with E-state index < -0.39 is 0 Å². The number of hydrogen-bond donors (Lipinski definition) is 0. The lowest BCUT2D eigenvalue weighted by atomic mass is 9.75. The molecule has 0 aromatic heterocycles. The molecule has 0 bridgehead atoms. The highest BCUT2D eigenvalue weighted by molar-refractivity contribution is 6.30. The van der Waals surface area contributed by atoms with E-state index in [-0.39, 0.29) is 65.8 Å². The van der Waals surface area contributed by atoms with Crippen molar-refractivity contribution in [1.82, 2.24) is 19.6 Å². The fourth-order valence-corrected chi connectivity index (χ4v) is 8.10. The predicted octanol–water partition coefficient (Wildman–Crippen LogP) is 6.08. The number of carbonyl (C=O) groups is 2. The molecule has 3 heterocycles. The molecule has 4 atom stereocenters. The summed E-state index contributed by atoms with van der Waals surface area (Å²) in [7, 11) is 0. The van der Waals surface area contributed by atoms with Crippen LogP contribution in [0.25, 0.3) is 0 Å². The molecule has 0 spiro atoms. The normalized spacial score (nSPS) is 28.7. The molecule has 3 aliphatic heterocycles. The van der Waals surface area contributed by atoms with Gasteiger partial charge in [0.15, 0.2) is 0 Å². The number of rotatable bonds is 6. The van der Waals surface area contributed by atoms with Crippen LogP contribution in [-0.2, 0) is 14.3 Å². The van der Waals surface area contributed by atoms with Gasteiger partial charge in [0.1, 0.15) is 0 Å². The fraction of sp³-hybridized carbons (Fsp3) is 0.771. The predicted molar refractivity (Wildman–Crippen MR) is 181 cm³/mol. The smallest absolute Gasteiger partial charge is 0.240 e. The summed E-state index contributed by atoms with van der Waals surface area (Å²) in [5.41, 5.74) is 1.61. The van der Waals surface area contributed by atoms with Crippen molar-refractivity contribution in [1.29, 1.82) is 0 Å². The molecule has 9 heteroatoms. The van der Waals surface area contributed by atoms with Gasteiger partial charge in [-0.2, -0.15) is 0 Å². The van der Waals surface area contributed by atoms with E-state index in [0.29, 0.717) is 38.1 Å². The van der Waals surface area contributed by atoms with Gasteiger partial charge in [-0.05, 0) is 76.0 Å². The van der Waals surface area contributed by atoms with Gasteiger partial charge in [0.2, 0.25) is 11.8 Å². The Kier molecular flexibility index (Phi) is 11.4. The van der Waals surface area contributed by atoms with Crippen molar-refractivity contribution in [2.75, 3.05) is 45.9 Å². The number of hydrogen-bond acceptors (Lipinski definition) is 5. The zero-order chi connectivity index (χ0) is 31.1. The number of morpholine rings is 1. The van der Waals surface area contributed by atoms with Crippen LogP contribution in [0.4, 0.5) is 0 Å². The zero-order valence-corrected chi connectivity index (χ0v) is 29.6. The van der Waals surface area contributed by atoms with Gasteiger partial charge in [0.05, 0.1) is 19.3 Å². The Morgan fingerprint density at radius 2 is 1.59 bits per heavy atom. The quantitative estimate of drug-likeness (QED) is 0.373. The Labute approximate surface area is 277 Å². The van der Waals surface area contributed by atoms with Gasteiger partial charge in [-0.3, -0.25) is 19.4 Å². The SMILES string of the molecule is CC(C)C(=O)N(C1CCC(C)(C)CC1)[C@H]1C[C@@H](C(=O)N2CCOCC2)N([C@@H]2CN(C(C)(C)C)C[C@H]2c2ccc(Cl)cc2)C1.Cl. The van der Waals surface area contributed by atoms with E-state index in [4.69, 9.17) is 16.3 Å². The maximum absolute atomic E-state index is 14.4. The van der Waals surface area contributed by atoms with Gasteiger partial charge in [-0.15, -0.1) is 12.4 Å². The Hall–Kier alpha value is -1.38. The number of ether oxygens (including phenoxy) is 1. The van der Waals surface area contributed by atoms with Crippen LogP contribution in [0.3, 0.4) is 0 Å². The lowest BCUT2D eigenvalue weighted by molar-refractivity contribution is -0.142. The highest BCUT2D eigenvalue weighted by atomic mass is 35.5. The number of likely N-dealkylation sites (tertiary alicyclic amines) is 2. The molecule has 1 aromatic carbocycles. The van der Waals surface area contributed by atoms with Crippen molar-refractivity contribution >= 4 is 35.8 Å². The minimum atomic E-state index is -0.245. The molecule has 44 heavy (non-hydrogen) atoms. The summed E-state index contributed by atoms with van der Waals surface area (Å²) in [6, 6.07) is 8.51. The van der Waals surface area contributed by atoms with E-state index in [2.05, 4.69) is 61.5 Å². The summed E-state index contributed by atoms with van der Waals surface area (Å²) in [5, 5.41) is 0.742. The summed E-state index contributed by atoms with van der Waals surface area (Å²) in [6.07, 6.45) is 5.05. The maximum atomic E-state index is 14.4. The Morgan fingerprint density at radius 1 is 0.977 bits per heavy atom. The van der Waals surface area contributed by atoms with Crippen molar-refractivity contribution in [2.45, 2.75) is 116 Å². The number of amides is 2. The summed E-state index contributed by atoms with van der Waals surface area (Å²) in [4.78, 5) is 37.7. The molecule has 1 aliphatic carbocycles. The molecule has 7 nitrogen and oxygen atoms in total.